The van der Waals surface area contributed by atoms with Crippen molar-refractivity contribution in [2.45, 2.75) is 13.8 Å². The average molecular weight is 166 g/mol. The molecule has 12 heavy (non-hydrogen) atoms. The summed E-state index contributed by atoms with van der Waals surface area (Å²) in [5.41, 5.74) is 12.2. The zero-order valence-electron chi connectivity index (χ0n) is 7.41. The smallest absolute Gasteiger partial charge is 0.211 e. The van der Waals surface area contributed by atoms with Gasteiger partial charge >= 0.3 is 0 Å². The van der Waals surface area contributed by atoms with Gasteiger partial charge in [-0.15, -0.1) is 5.10 Å². The summed E-state index contributed by atoms with van der Waals surface area (Å²) >= 11 is 0. The van der Waals surface area contributed by atoms with Gasteiger partial charge in [0.15, 0.2) is 0 Å². The fraction of sp³-hybridized carbons (Fsp3) is 0.250. The zero-order chi connectivity index (χ0) is 9.56. The van der Waals surface area contributed by atoms with E-state index in [0.29, 0.717) is 0 Å². The van der Waals surface area contributed by atoms with E-state index in [9.17, 15) is 0 Å². The van der Waals surface area contributed by atoms with Crippen LogP contribution in [0.2, 0.25) is 0 Å². The van der Waals surface area contributed by atoms with Crippen LogP contribution in [-0.2, 0) is 0 Å². The Bertz CT molecular complexity index is 240. The van der Waals surface area contributed by atoms with Crippen molar-refractivity contribution in [1.82, 2.24) is 0 Å². The van der Waals surface area contributed by atoms with E-state index in [4.69, 9.17) is 11.5 Å². The Morgan fingerprint density at radius 3 is 2.25 bits per heavy atom. The van der Waals surface area contributed by atoms with Crippen molar-refractivity contribution in [2.24, 2.45) is 21.7 Å². The van der Waals surface area contributed by atoms with Gasteiger partial charge in [-0.3, -0.25) is 0 Å². The van der Waals surface area contributed by atoms with E-state index in [1.54, 1.807) is 12.3 Å². The second-order valence-electron chi connectivity index (χ2n) is 2.43. The van der Waals surface area contributed by atoms with Crippen molar-refractivity contribution < 1.29 is 0 Å². The van der Waals surface area contributed by atoms with E-state index in [0.717, 1.165) is 11.1 Å². The van der Waals surface area contributed by atoms with Crippen LogP contribution in [0.15, 0.2) is 34.0 Å². The van der Waals surface area contributed by atoms with E-state index in [1.165, 1.54) is 0 Å². The zero-order valence-corrected chi connectivity index (χ0v) is 7.41. The van der Waals surface area contributed by atoms with Crippen LogP contribution in [-0.4, -0.2) is 12.2 Å². The molecule has 0 heterocycles. The first-order valence-electron chi connectivity index (χ1n) is 3.49. The molecule has 0 aliphatic rings. The SMILES string of the molecule is C=CC(C=NN=C(N)N)=C(C)C. The standard InChI is InChI=1S/C8H14N4/c1-4-7(6(2)3)5-11-12-8(9)10/h4-5H,1H2,2-3H3,(H4,9,10,12). The maximum Gasteiger partial charge on any atom is 0.211 e. The van der Waals surface area contributed by atoms with Crippen molar-refractivity contribution in [3.63, 3.8) is 0 Å². The van der Waals surface area contributed by atoms with Crippen LogP contribution in [0.3, 0.4) is 0 Å². The molecule has 0 amide bonds. The van der Waals surface area contributed by atoms with Crippen LogP contribution < -0.4 is 11.5 Å². The first-order valence-corrected chi connectivity index (χ1v) is 3.49. The topological polar surface area (TPSA) is 76.8 Å². The molecule has 0 saturated heterocycles. The lowest BCUT2D eigenvalue weighted by Crippen LogP contribution is -2.21. The molecular weight excluding hydrogens is 152 g/mol. The van der Waals surface area contributed by atoms with E-state index in [2.05, 4.69) is 16.8 Å². The summed E-state index contributed by atoms with van der Waals surface area (Å²) in [6, 6.07) is 0. The largest absolute Gasteiger partial charge is 0.369 e. The van der Waals surface area contributed by atoms with Gasteiger partial charge in [0.2, 0.25) is 5.96 Å². The van der Waals surface area contributed by atoms with Crippen LogP contribution in [0.4, 0.5) is 0 Å². The van der Waals surface area contributed by atoms with Crippen LogP contribution in [0.5, 0.6) is 0 Å². The Hall–Kier alpha value is -1.58. The summed E-state index contributed by atoms with van der Waals surface area (Å²) < 4.78 is 0. The molecule has 0 rings (SSSR count). The third kappa shape index (κ3) is 4.27. The molecule has 0 aromatic rings. The Morgan fingerprint density at radius 2 is 1.92 bits per heavy atom. The summed E-state index contributed by atoms with van der Waals surface area (Å²) in [5, 5.41) is 7.10. The Kier molecular flexibility index (Phi) is 4.45. The lowest BCUT2D eigenvalue weighted by molar-refractivity contribution is 1.21. The van der Waals surface area contributed by atoms with Crippen LogP contribution in [0, 0.1) is 0 Å². The lowest BCUT2D eigenvalue weighted by atomic mass is 10.2. The summed E-state index contributed by atoms with van der Waals surface area (Å²) in [7, 11) is 0. The summed E-state index contributed by atoms with van der Waals surface area (Å²) in [6.07, 6.45) is 3.25. The number of hydrogen-bond donors (Lipinski definition) is 2. The van der Waals surface area contributed by atoms with Crippen LogP contribution in [0.25, 0.3) is 0 Å². The predicted molar refractivity (Wildman–Crippen MR) is 52.9 cm³/mol. The average Bonchev–Trinajstić information content (AvgIpc) is 1.96. The minimum absolute atomic E-state index is 0.0524. The number of nitrogens with zero attached hydrogens (tertiary/aromatic N) is 2. The Balaban J connectivity index is 4.43. The first kappa shape index (κ1) is 10.4. The van der Waals surface area contributed by atoms with Crippen molar-refractivity contribution in [3.8, 4) is 0 Å². The molecule has 0 aliphatic heterocycles. The monoisotopic (exact) mass is 166 g/mol. The van der Waals surface area contributed by atoms with Crippen LogP contribution in [0.1, 0.15) is 13.8 Å². The maximum absolute atomic E-state index is 5.07. The molecule has 0 atom stereocenters. The highest BCUT2D eigenvalue weighted by atomic mass is 15.3. The molecule has 0 saturated carbocycles. The number of allylic oxidation sites excluding steroid dienone is 3. The fourth-order valence-corrected chi connectivity index (χ4v) is 0.544. The van der Waals surface area contributed by atoms with Gasteiger partial charge in [-0.1, -0.05) is 18.2 Å². The molecule has 4 nitrogen and oxygen atoms in total. The van der Waals surface area contributed by atoms with Crippen LogP contribution >= 0.6 is 0 Å². The highest BCUT2D eigenvalue weighted by molar-refractivity contribution is 5.84. The van der Waals surface area contributed by atoms with Gasteiger partial charge in [0, 0.05) is 0 Å². The van der Waals surface area contributed by atoms with E-state index < -0.39 is 0 Å². The molecule has 0 radical (unpaired) electrons. The Labute approximate surface area is 72.4 Å². The van der Waals surface area contributed by atoms with Crippen molar-refractivity contribution in [2.75, 3.05) is 0 Å². The summed E-state index contributed by atoms with van der Waals surface area (Å²) in [5.74, 6) is -0.0524. The molecule has 0 spiro atoms. The predicted octanol–water partition coefficient (Wildman–Crippen LogP) is 0.768. The van der Waals surface area contributed by atoms with Gasteiger partial charge in [0.1, 0.15) is 0 Å². The second kappa shape index (κ2) is 5.12. The Morgan fingerprint density at radius 1 is 1.33 bits per heavy atom. The quantitative estimate of drug-likeness (QED) is 0.281. The van der Waals surface area contributed by atoms with Gasteiger partial charge in [-0.25, -0.2) is 0 Å². The molecule has 0 aliphatic carbocycles. The van der Waals surface area contributed by atoms with Crippen molar-refractivity contribution >= 4 is 12.2 Å². The van der Waals surface area contributed by atoms with Gasteiger partial charge in [0.25, 0.3) is 0 Å². The van der Waals surface area contributed by atoms with E-state index in [-0.39, 0.29) is 5.96 Å². The maximum atomic E-state index is 5.07. The molecule has 0 bridgehead atoms. The molecule has 4 heteroatoms. The van der Waals surface area contributed by atoms with E-state index >= 15 is 0 Å². The molecule has 0 aromatic carbocycles. The molecule has 0 aromatic heterocycles. The first-order chi connectivity index (χ1) is 5.57. The number of nitrogens with two attached hydrogens (primary N) is 2. The molecule has 66 valence electrons. The van der Waals surface area contributed by atoms with Gasteiger partial charge in [-0.05, 0) is 19.4 Å². The minimum atomic E-state index is -0.0524. The molecule has 0 unspecified atom stereocenters. The lowest BCUT2D eigenvalue weighted by Gasteiger charge is -1.93. The summed E-state index contributed by atoms with van der Waals surface area (Å²) in [6.45, 7) is 7.53. The van der Waals surface area contributed by atoms with Crippen molar-refractivity contribution in [3.05, 3.63) is 23.8 Å². The molecular formula is C8H14N4. The van der Waals surface area contributed by atoms with Gasteiger partial charge < -0.3 is 11.5 Å². The number of hydrogen-bond acceptors (Lipinski definition) is 2. The highest BCUT2D eigenvalue weighted by Crippen LogP contribution is 2.00. The number of guanidine groups is 1. The third-order valence-electron chi connectivity index (χ3n) is 1.17. The van der Waals surface area contributed by atoms with Gasteiger partial charge in [-0.2, -0.15) is 5.10 Å². The number of rotatable bonds is 3. The highest BCUT2D eigenvalue weighted by Gasteiger charge is 1.87. The minimum Gasteiger partial charge on any atom is -0.369 e. The normalized spacial score (nSPS) is 9.50. The van der Waals surface area contributed by atoms with Crippen molar-refractivity contribution in [1.29, 1.82) is 0 Å². The molecule has 0 fully saturated rings. The van der Waals surface area contributed by atoms with E-state index in [1.807, 2.05) is 13.8 Å². The third-order valence-corrected chi connectivity index (χ3v) is 1.17. The molecule has 4 N–H and O–H groups in total. The second-order valence-corrected chi connectivity index (χ2v) is 2.43. The summed E-state index contributed by atoms with van der Waals surface area (Å²) in [4.78, 5) is 0. The van der Waals surface area contributed by atoms with Gasteiger partial charge in [0.05, 0.1) is 6.21 Å². The fourth-order valence-electron chi connectivity index (χ4n) is 0.544.